The van der Waals surface area contributed by atoms with Crippen molar-refractivity contribution in [1.82, 2.24) is 20.5 Å². The van der Waals surface area contributed by atoms with Crippen LogP contribution in [0.15, 0.2) is 36.7 Å². The Morgan fingerprint density at radius 2 is 2.12 bits per heavy atom. The highest BCUT2D eigenvalue weighted by Crippen LogP contribution is 2.26. The fourth-order valence-electron chi connectivity index (χ4n) is 3.16. The van der Waals surface area contributed by atoms with Gasteiger partial charge in [-0.25, -0.2) is 13.2 Å². The summed E-state index contributed by atoms with van der Waals surface area (Å²) in [4.78, 5) is 40.8. The first-order valence-electron chi connectivity index (χ1n) is 9.60. The number of rotatable bonds is 7. The number of carbonyl (C=O) groups excluding carboxylic acids is 3. The van der Waals surface area contributed by atoms with Gasteiger partial charge in [-0.2, -0.15) is 0 Å². The molecule has 12 heteroatoms. The Balaban J connectivity index is 1.81. The van der Waals surface area contributed by atoms with Crippen LogP contribution in [0.5, 0.6) is 5.75 Å². The number of nitrogens with one attached hydrogen (secondary N) is 3. The van der Waals surface area contributed by atoms with Gasteiger partial charge in [0.1, 0.15) is 11.8 Å². The van der Waals surface area contributed by atoms with Gasteiger partial charge >= 0.3 is 6.03 Å². The molecule has 1 aromatic heterocycles. The lowest BCUT2D eigenvalue weighted by atomic mass is 10.1. The molecule has 2 aromatic rings. The molecule has 0 unspecified atom stereocenters. The molecule has 0 saturated heterocycles. The van der Waals surface area contributed by atoms with Crippen molar-refractivity contribution in [2.75, 3.05) is 24.6 Å². The third kappa shape index (κ3) is 6.44. The van der Waals surface area contributed by atoms with E-state index in [0.717, 1.165) is 11.8 Å². The van der Waals surface area contributed by atoms with Gasteiger partial charge in [-0.3, -0.25) is 24.6 Å². The molecule has 0 bridgehead atoms. The SMILES string of the molecule is COc1ccc2c(c1)C(=O)N(C[C@@H](C#Cc1cncc(NS(C)(=O)=O)c1)NC(=O)NC=O)C2. The minimum atomic E-state index is -3.49. The summed E-state index contributed by atoms with van der Waals surface area (Å²) in [5.41, 5.74) is 1.93. The van der Waals surface area contributed by atoms with Crippen molar-refractivity contribution in [1.29, 1.82) is 0 Å². The summed E-state index contributed by atoms with van der Waals surface area (Å²) < 4.78 is 30.3. The first kappa shape index (κ1) is 23.6. The third-order valence-corrected chi connectivity index (χ3v) is 5.13. The molecule has 0 saturated carbocycles. The number of hydrogen-bond acceptors (Lipinski definition) is 7. The number of urea groups is 1. The summed E-state index contributed by atoms with van der Waals surface area (Å²) in [7, 11) is -1.98. The van der Waals surface area contributed by atoms with Crippen molar-refractivity contribution < 1.29 is 27.5 Å². The van der Waals surface area contributed by atoms with E-state index in [2.05, 4.69) is 26.9 Å². The fraction of sp³-hybridized carbons (Fsp3) is 0.238. The van der Waals surface area contributed by atoms with E-state index in [-0.39, 0.29) is 24.5 Å². The highest BCUT2D eigenvalue weighted by atomic mass is 32.2. The molecule has 1 atom stereocenters. The van der Waals surface area contributed by atoms with Crippen LogP contribution >= 0.6 is 0 Å². The Labute approximate surface area is 190 Å². The van der Waals surface area contributed by atoms with E-state index in [1.54, 1.807) is 18.2 Å². The molecule has 1 aliphatic heterocycles. The summed E-state index contributed by atoms with van der Waals surface area (Å²) >= 11 is 0. The van der Waals surface area contributed by atoms with Crippen molar-refractivity contribution in [3.05, 3.63) is 53.3 Å². The number of amides is 4. The number of ether oxygens (including phenoxy) is 1. The predicted octanol–water partition coefficient (Wildman–Crippen LogP) is 0.293. The standard InChI is InChI=1S/C21H21N5O6S/c1-32-18-6-4-15-11-26(20(28)19(15)8-18)12-16(24-21(29)23-13-27)5-3-14-7-17(10-22-9-14)25-33(2,30)31/h4,6-10,13,16,25H,11-12H2,1-2H3,(H2,23,24,27,29)/t16-/m1/s1. The van der Waals surface area contributed by atoms with Crippen molar-refractivity contribution in [2.45, 2.75) is 12.6 Å². The van der Waals surface area contributed by atoms with Crippen LogP contribution in [0.3, 0.4) is 0 Å². The van der Waals surface area contributed by atoms with E-state index in [0.29, 0.717) is 23.4 Å². The molecule has 0 aliphatic carbocycles. The molecule has 0 radical (unpaired) electrons. The average molecular weight is 471 g/mol. The number of pyridine rings is 1. The highest BCUT2D eigenvalue weighted by molar-refractivity contribution is 7.92. The van der Waals surface area contributed by atoms with Crippen LogP contribution in [0.1, 0.15) is 21.5 Å². The van der Waals surface area contributed by atoms with Crippen molar-refractivity contribution in [3.63, 3.8) is 0 Å². The summed E-state index contributed by atoms with van der Waals surface area (Å²) in [6.45, 7) is 0.368. The normalized spacial score (nSPS) is 13.3. The quantitative estimate of drug-likeness (QED) is 0.389. The zero-order valence-corrected chi connectivity index (χ0v) is 18.6. The molecule has 172 valence electrons. The first-order valence-corrected chi connectivity index (χ1v) is 11.5. The van der Waals surface area contributed by atoms with Gasteiger partial charge in [0.2, 0.25) is 16.4 Å². The largest absolute Gasteiger partial charge is 0.497 e. The fourth-order valence-corrected chi connectivity index (χ4v) is 3.70. The Hall–Kier alpha value is -4.11. The molecular weight excluding hydrogens is 450 g/mol. The molecule has 0 spiro atoms. The van der Waals surface area contributed by atoms with Crippen molar-refractivity contribution in [2.24, 2.45) is 0 Å². The average Bonchev–Trinajstić information content (AvgIpc) is 3.06. The summed E-state index contributed by atoms with van der Waals surface area (Å²) in [5.74, 6) is 5.96. The van der Waals surface area contributed by atoms with E-state index in [9.17, 15) is 22.8 Å². The molecule has 3 rings (SSSR count). The van der Waals surface area contributed by atoms with Crippen molar-refractivity contribution >= 4 is 34.1 Å². The molecule has 3 N–H and O–H groups in total. The first-order chi connectivity index (χ1) is 15.7. The number of fused-ring (bicyclic) bond motifs is 1. The van der Waals surface area contributed by atoms with Gasteiger partial charge in [0, 0.05) is 23.9 Å². The molecule has 33 heavy (non-hydrogen) atoms. The molecule has 11 nitrogen and oxygen atoms in total. The minimum Gasteiger partial charge on any atom is -0.497 e. The van der Waals surface area contributed by atoms with Crippen LogP contribution in [-0.2, 0) is 21.4 Å². The van der Waals surface area contributed by atoms with Gasteiger partial charge in [-0.15, -0.1) is 0 Å². The molecule has 0 fully saturated rings. The van der Waals surface area contributed by atoms with Gasteiger partial charge in [-0.05, 0) is 23.8 Å². The van der Waals surface area contributed by atoms with Crippen LogP contribution in [-0.4, -0.2) is 62.6 Å². The number of sulfonamides is 1. The smallest absolute Gasteiger partial charge is 0.322 e. The second-order valence-corrected chi connectivity index (χ2v) is 8.85. The van der Waals surface area contributed by atoms with E-state index in [1.165, 1.54) is 30.5 Å². The minimum absolute atomic E-state index is 0.0455. The maximum absolute atomic E-state index is 12.8. The lowest BCUT2D eigenvalue weighted by Crippen LogP contribution is -2.46. The van der Waals surface area contributed by atoms with Crippen molar-refractivity contribution in [3.8, 4) is 17.6 Å². The van der Waals surface area contributed by atoms with E-state index >= 15 is 0 Å². The van der Waals surface area contributed by atoms with E-state index in [1.807, 2.05) is 5.32 Å². The van der Waals surface area contributed by atoms with Gasteiger partial charge < -0.3 is 15.0 Å². The van der Waals surface area contributed by atoms with Crippen LogP contribution in [0.4, 0.5) is 10.5 Å². The van der Waals surface area contributed by atoms with Crippen LogP contribution < -0.4 is 20.1 Å². The number of imide groups is 1. The summed E-state index contributed by atoms with van der Waals surface area (Å²) in [5, 5.41) is 4.50. The number of carbonyl (C=O) groups is 3. The lowest BCUT2D eigenvalue weighted by molar-refractivity contribution is -0.108. The van der Waals surface area contributed by atoms with E-state index in [4.69, 9.17) is 4.74 Å². The second-order valence-electron chi connectivity index (χ2n) is 7.10. The van der Waals surface area contributed by atoms with E-state index < -0.39 is 22.1 Å². The van der Waals surface area contributed by atoms with Gasteiger partial charge in [0.05, 0.1) is 31.8 Å². The number of methoxy groups -OCH3 is 1. The number of nitrogens with zero attached hydrogens (tertiary/aromatic N) is 2. The highest BCUT2D eigenvalue weighted by Gasteiger charge is 2.29. The number of anilines is 1. The Morgan fingerprint density at radius 1 is 1.33 bits per heavy atom. The maximum atomic E-state index is 12.8. The van der Waals surface area contributed by atoms with Crippen LogP contribution in [0.25, 0.3) is 0 Å². The molecule has 1 aromatic carbocycles. The lowest BCUT2D eigenvalue weighted by Gasteiger charge is -2.21. The molecular formula is C21H21N5O6S. The second kappa shape index (κ2) is 10.0. The summed E-state index contributed by atoms with van der Waals surface area (Å²) in [6, 6.07) is 5.07. The van der Waals surface area contributed by atoms with Crippen LogP contribution in [0.2, 0.25) is 0 Å². The Kier molecular flexibility index (Phi) is 7.14. The van der Waals surface area contributed by atoms with Gasteiger partial charge in [-0.1, -0.05) is 17.9 Å². The Morgan fingerprint density at radius 3 is 2.82 bits per heavy atom. The number of aromatic nitrogens is 1. The maximum Gasteiger partial charge on any atom is 0.322 e. The third-order valence-electron chi connectivity index (χ3n) is 4.53. The monoisotopic (exact) mass is 471 g/mol. The molecule has 1 aliphatic rings. The predicted molar refractivity (Wildman–Crippen MR) is 119 cm³/mol. The number of hydrogen-bond donors (Lipinski definition) is 3. The molecule has 4 amide bonds. The summed E-state index contributed by atoms with van der Waals surface area (Å²) in [6.07, 6.45) is 3.99. The number of benzene rings is 1. The zero-order valence-electron chi connectivity index (χ0n) is 17.8. The topological polar surface area (TPSA) is 147 Å². The van der Waals surface area contributed by atoms with Gasteiger partial charge in [0.25, 0.3) is 5.91 Å². The van der Waals surface area contributed by atoms with Crippen LogP contribution in [0, 0.1) is 11.8 Å². The van der Waals surface area contributed by atoms with Gasteiger partial charge in [0.15, 0.2) is 0 Å². The Bertz CT molecular complexity index is 1250. The molecule has 2 heterocycles. The zero-order chi connectivity index (χ0) is 24.0.